The Morgan fingerprint density at radius 1 is 1.28 bits per heavy atom. The zero-order valence-electron chi connectivity index (χ0n) is 13.4. The van der Waals surface area contributed by atoms with Crippen LogP contribution in [0.4, 0.5) is 5.69 Å². The normalized spacial score (nSPS) is 13.8. The number of carbonyl (C=O) groups is 2. The first kappa shape index (κ1) is 16.3. The molecule has 0 bridgehead atoms. The summed E-state index contributed by atoms with van der Waals surface area (Å²) in [6.07, 6.45) is 1.70. The molecule has 3 rings (SSSR count). The van der Waals surface area contributed by atoms with E-state index in [0.29, 0.717) is 33.7 Å². The highest BCUT2D eigenvalue weighted by atomic mass is 16.5. The number of para-hydroxylation sites is 1. The summed E-state index contributed by atoms with van der Waals surface area (Å²) in [6.45, 7) is -0.0779. The standard InChI is InChI=1S/C19H14N2O4/c1-24-19(23)13-6-7-14-15(18(22)21-16(14)11-13)10-12-4-2-3-5-17(12)25-9-8-20/h2-7,10-11H,9H2,1H3,(H,21,22). The highest BCUT2D eigenvalue weighted by Crippen LogP contribution is 2.35. The van der Waals surface area contributed by atoms with Gasteiger partial charge in [-0.25, -0.2) is 4.79 Å². The summed E-state index contributed by atoms with van der Waals surface area (Å²) in [7, 11) is 1.30. The van der Waals surface area contributed by atoms with Crippen molar-refractivity contribution in [1.82, 2.24) is 0 Å². The SMILES string of the molecule is COC(=O)c1ccc2c(c1)NC(=O)C2=Cc1ccccc1OCC#N. The molecule has 0 unspecified atom stereocenters. The predicted octanol–water partition coefficient (Wildman–Crippen LogP) is 2.87. The fraction of sp³-hybridized carbons (Fsp3) is 0.105. The number of amides is 1. The highest BCUT2D eigenvalue weighted by Gasteiger charge is 2.25. The smallest absolute Gasteiger partial charge is 0.337 e. The molecule has 124 valence electrons. The molecule has 25 heavy (non-hydrogen) atoms. The van der Waals surface area contributed by atoms with Crippen molar-refractivity contribution in [2.45, 2.75) is 0 Å². The van der Waals surface area contributed by atoms with Gasteiger partial charge in [0.25, 0.3) is 5.91 Å². The topological polar surface area (TPSA) is 88.4 Å². The van der Waals surface area contributed by atoms with Gasteiger partial charge < -0.3 is 14.8 Å². The molecule has 0 saturated carbocycles. The molecule has 0 radical (unpaired) electrons. The number of anilines is 1. The molecule has 6 heteroatoms. The molecule has 6 nitrogen and oxygen atoms in total. The second-order valence-electron chi connectivity index (χ2n) is 5.25. The van der Waals surface area contributed by atoms with Crippen LogP contribution in [-0.4, -0.2) is 25.6 Å². The van der Waals surface area contributed by atoms with Crippen LogP contribution < -0.4 is 10.1 Å². The van der Waals surface area contributed by atoms with Gasteiger partial charge in [-0.05, 0) is 24.3 Å². The number of nitrogens with zero attached hydrogens (tertiary/aromatic N) is 1. The number of benzene rings is 2. The maximum atomic E-state index is 12.3. The third-order valence-electron chi connectivity index (χ3n) is 3.73. The van der Waals surface area contributed by atoms with Gasteiger partial charge in [-0.2, -0.15) is 5.26 Å². The van der Waals surface area contributed by atoms with Crippen LogP contribution >= 0.6 is 0 Å². The molecular formula is C19H14N2O4. The molecule has 1 aliphatic heterocycles. The monoisotopic (exact) mass is 334 g/mol. The number of nitrogens with one attached hydrogen (secondary N) is 1. The number of methoxy groups -OCH3 is 1. The summed E-state index contributed by atoms with van der Waals surface area (Å²) in [5.74, 6) is -0.221. The van der Waals surface area contributed by atoms with Gasteiger partial charge in [0.2, 0.25) is 0 Å². The Labute approximate surface area is 144 Å². The van der Waals surface area contributed by atoms with Crippen molar-refractivity contribution in [2.24, 2.45) is 0 Å². The van der Waals surface area contributed by atoms with Gasteiger partial charge in [0.05, 0.1) is 12.7 Å². The molecular weight excluding hydrogens is 320 g/mol. The lowest BCUT2D eigenvalue weighted by molar-refractivity contribution is -0.110. The number of carbonyl (C=O) groups excluding carboxylic acids is 2. The molecule has 0 atom stereocenters. The van der Waals surface area contributed by atoms with Gasteiger partial charge in [0, 0.05) is 22.4 Å². The summed E-state index contributed by atoms with van der Waals surface area (Å²) in [4.78, 5) is 23.9. The lowest BCUT2D eigenvalue weighted by Crippen LogP contribution is -2.04. The van der Waals surface area contributed by atoms with E-state index < -0.39 is 5.97 Å². The van der Waals surface area contributed by atoms with Crippen molar-refractivity contribution in [3.63, 3.8) is 0 Å². The van der Waals surface area contributed by atoms with Crippen molar-refractivity contribution >= 4 is 29.2 Å². The summed E-state index contributed by atoms with van der Waals surface area (Å²) in [5, 5.41) is 11.4. The van der Waals surface area contributed by atoms with Gasteiger partial charge in [0.15, 0.2) is 6.61 Å². The number of hydrogen-bond acceptors (Lipinski definition) is 5. The molecule has 0 saturated heterocycles. The average molecular weight is 334 g/mol. The third kappa shape index (κ3) is 3.21. The van der Waals surface area contributed by atoms with E-state index in [0.717, 1.165) is 0 Å². The zero-order chi connectivity index (χ0) is 17.8. The average Bonchev–Trinajstić information content (AvgIpc) is 2.95. The zero-order valence-corrected chi connectivity index (χ0v) is 13.4. The summed E-state index contributed by atoms with van der Waals surface area (Å²) >= 11 is 0. The second-order valence-corrected chi connectivity index (χ2v) is 5.25. The maximum Gasteiger partial charge on any atom is 0.337 e. The van der Waals surface area contributed by atoms with E-state index in [-0.39, 0.29) is 12.5 Å². The van der Waals surface area contributed by atoms with Gasteiger partial charge in [-0.3, -0.25) is 4.79 Å². The largest absolute Gasteiger partial charge is 0.478 e. The van der Waals surface area contributed by atoms with Gasteiger partial charge in [0.1, 0.15) is 11.8 Å². The summed E-state index contributed by atoms with van der Waals surface area (Å²) in [5.41, 5.74) is 2.75. The highest BCUT2D eigenvalue weighted by molar-refractivity contribution is 6.35. The van der Waals surface area contributed by atoms with Crippen LogP contribution in [0.25, 0.3) is 11.6 Å². The fourth-order valence-electron chi connectivity index (χ4n) is 2.58. The molecule has 2 aromatic carbocycles. The molecule has 0 aromatic heterocycles. The molecule has 0 aliphatic carbocycles. The second kappa shape index (κ2) is 6.89. The Bertz CT molecular complexity index is 925. The van der Waals surface area contributed by atoms with E-state index >= 15 is 0 Å². The fourth-order valence-corrected chi connectivity index (χ4v) is 2.58. The van der Waals surface area contributed by atoms with Crippen LogP contribution in [0.2, 0.25) is 0 Å². The van der Waals surface area contributed by atoms with Crippen molar-refractivity contribution in [1.29, 1.82) is 5.26 Å². The van der Waals surface area contributed by atoms with Gasteiger partial charge >= 0.3 is 5.97 Å². The van der Waals surface area contributed by atoms with E-state index in [1.165, 1.54) is 7.11 Å². The Morgan fingerprint density at radius 2 is 2.08 bits per heavy atom. The minimum atomic E-state index is -0.468. The van der Waals surface area contributed by atoms with Crippen LogP contribution in [0.1, 0.15) is 21.5 Å². The quantitative estimate of drug-likeness (QED) is 0.686. The Morgan fingerprint density at radius 3 is 2.84 bits per heavy atom. The Balaban J connectivity index is 2.01. The number of ether oxygens (including phenoxy) is 2. The first-order valence-corrected chi connectivity index (χ1v) is 7.48. The van der Waals surface area contributed by atoms with E-state index in [4.69, 9.17) is 10.00 Å². The van der Waals surface area contributed by atoms with E-state index in [1.807, 2.05) is 12.1 Å². The van der Waals surface area contributed by atoms with E-state index in [9.17, 15) is 9.59 Å². The lowest BCUT2D eigenvalue weighted by Gasteiger charge is -2.06. The van der Waals surface area contributed by atoms with Gasteiger partial charge in [-0.15, -0.1) is 0 Å². The third-order valence-corrected chi connectivity index (χ3v) is 3.73. The van der Waals surface area contributed by atoms with Crippen molar-refractivity contribution in [3.8, 4) is 11.8 Å². The Hall–Kier alpha value is -3.59. The predicted molar refractivity (Wildman–Crippen MR) is 91.8 cm³/mol. The molecule has 0 spiro atoms. The first-order valence-electron chi connectivity index (χ1n) is 7.48. The van der Waals surface area contributed by atoms with Crippen LogP contribution in [0.3, 0.4) is 0 Å². The van der Waals surface area contributed by atoms with Crippen LogP contribution in [0, 0.1) is 11.3 Å². The number of esters is 1. The molecule has 2 aromatic rings. The van der Waals surface area contributed by atoms with Crippen LogP contribution in [0.15, 0.2) is 42.5 Å². The van der Waals surface area contributed by atoms with Gasteiger partial charge in [-0.1, -0.05) is 24.3 Å². The van der Waals surface area contributed by atoms with Crippen LogP contribution in [0.5, 0.6) is 5.75 Å². The molecule has 0 fully saturated rings. The van der Waals surface area contributed by atoms with Crippen molar-refractivity contribution in [3.05, 3.63) is 59.2 Å². The van der Waals surface area contributed by atoms with E-state index in [1.54, 1.807) is 42.5 Å². The number of fused-ring (bicyclic) bond motifs is 1. The molecule has 1 N–H and O–H groups in total. The van der Waals surface area contributed by atoms with Crippen molar-refractivity contribution < 1.29 is 19.1 Å². The van der Waals surface area contributed by atoms with Crippen LogP contribution in [-0.2, 0) is 9.53 Å². The first-order chi connectivity index (χ1) is 12.1. The number of nitriles is 1. The maximum absolute atomic E-state index is 12.3. The summed E-state index contributed by atoms with van der Waals surface area (Å²) in [6, 6.07) is 13.9. The number of hydrogen-bond donors (Lipinski definition) is 1. The minimum absolute atomic E-state index is 0.0779. The molecule has 1 aliphatic rings. The molecule has 1 heterocycles. The number of rotatable bonds is 4. The minimum Gasteiger partial charge on any atom is -0.478 e. The summed E-state index contributed by atoms with van der Waals surface area (Å²) < 4.78 is 10.1. The molecule has 1 amide bonds. The Kier molecular flexibility index (Phi) is 4.48. The lowest BCUT2D eigenvalue weighted by atomic mass is 10.0. The van der Waals surface area contributed by atoms with E-state index in [2.05, 4.69) is 10.1 Å². The van der Waals surface area contributed by atoms with Crippen molar-refractivity contribution in [2.75, 3.05) is 19.0 Å².